The molecule has 3 aliphatic rings. The van der Waals surface area contributed by atoms with Crippen LogP contribution >= 0.6 is 0 Å². The summed E-state index contributed by atoms with van der Waals surface area (Å²) in [7, 11) is 0. The quantitative estimate of drug-likeness (QED) is 0.444. The van der Waals surface area contributed by atoms with Crippen LogP contribution in [0.5, 0.6) is 0 Å². The second kappa shape index (κ2) is 1.25. The first-order valence-corrected chi connectivity index (χ1v) is 4.24. The van der Waals surface area contributed by atoms with Gasteiger partial charge >= 0.3 is 0 Å². The molecule has 0 heterocycles. The van der Waals surface area contributed by atoms with Crippen molar-refractivity contribution >= 4 is 0 Å². The summed E-state index contributed by atoms with van der Waals surface area (Å²) in [5, 5.41) is 0. The predicted octanol–water partition coefficient (Wildman–Crippen LogP) is 2.67. The van der Waals surface area contributed by atoms with E-state index in [1.807, 2.05) is 0 Å². The van der Waals surface area contributed by atoms with E-state index >= 15 is 0 Å². The van der Waals surface area contributed by atoms with Crippen LogP contribution in [0.2, 0.25) is 0 Å². The molecule has 3 rings (SSSR count). The van der Waals surface area contributed by atoms with Crippen molar-refractivity contribution in [2.75, 3.05) is 0 Å². The molecule has 0 aromatic heterocycles. The van der Waals surface area contributed by atoms with Crippen molar-refractivity contribution in [2.45, 2.75) is 25.7 Å². The highest BCUT2D eigenvalue weighted by molar-refractivity contribution is 5.34. The molecule has 0 aliphatic heterocycles. The lowest BCUT2D eigenvalue weighted by molar-refractivity contribution is 0.742. The molecule has 0 bridgehead atoms. The summed E-state index contributed by atoms with van der Waals surface area (Å²) in [4.78, 5) is 0. The molecule has 0 nitrogen and oxygen atoms in total. The molecule has 0 aromatic carbocycles. The smallest absolute Gasteiger partial charge is 0.00624 e. The van der Waals surface area contributed by atoms with E-state index in [1.54, 1.807) is 0 Å². The van der Waals surface area contributed by atoms with Gasteiger partial charge < -0.3 is 0 Å². The molecule has 2 saturated carbocycles. The summed E-state index contributed by atoms with van der Waals surface area (Å²) in [5.74, 6) is 0. The summed E-state index contributed by atoms with van der Waals surface area (Å²) < 4.78 is 0. The van der Waals surface area contributed by atoms with Gasteiger partial charge in [0.15, 0.2) is 0 Å². The van der Waals surface area contributed by atoms with Crippen LogP contribution in [0.25, 0.3) is 0 Å². The van der Waals surface area contributed by atoms with Crippen molar-refractivity contribution in [3.8, 4) is 0 Å². The highest BCUT2D eigenvalue weighted by Crippen LogP contribution is 2.58. The SMILES string of the molecule is C1=CC2(C=CC13CC3)CC2. The van der Waals surface area contributed by atoms with Crippen LogP contribution in [0.3, 0.4) is 0 Å². The summed E-state index contributed by atoms with van der Waals surface area (Å²) in [6.07, 6.45) is 15.4. The standard InChI is InChI=1S/C10H12/c1-2-10(7-8-10)4-3-9(1)5-6-9/h1-4H,5-8H2. The molecule has 0 amide bonds. The van der Waals surface area contributed by atoms with Crippen LogP contribution in [0, 0.1) is 10.8 Å². The fourth-order valence-corrected chi connectivity index (χ4v) is 1.73. The van der Waals surface area contributed by atoms with E-state index in [-0.39, 0.29) is 0 Å². The van der Waals surface area contributed by atoms with Crippen molar-refractivity contribution in [2.24, 2.45) is 10.8 Å². The Hall–Kier alpha value is -0.520. The van der Waals surface area contributed by atoms with Gasteiger partial charge in [0.1, 0.15) is 0 Å². The van der Waals surface area contributed by atoms with Crippen molar-refractivity contribution in [1.29, 1.82) is 0 Å². The molecular formula is C10H12. The van der Waals surface area contributed by atoms with Gasteiger partial charge in [0.2, 0.25) is 0 Å². The van der Waals surface area contributed by atoms with E-state index in [0.717, 1.165) is 0 Å². The van der Waals surface area contributed by atoms with Gasteiger partial charge in [0, 0.05) is 10.8 Å². The minimum Gasteiger partial charge on any atom is -0.0777 e. The van der Waals surface area contributed by atoms with E-state index < -0.39 is 0 Å². The largest absolute Gasteiger partial charge is 0.0777 e. The first-order chi connectivity index (χ1) is 4.83. The maximum atomic E-state index is 2.44. The molecule has 0 heteroatoms. The maximum Gasteiger partial charge on any atom is 0.00624 e. The van der Waals surface area contributed by atoms with Gasteiger partial charge in [-0.15, -0.1) is 0 Å². The molecular weight excluding hydrogens is 120 g/mol. The number of hydrogen-bond acceptors (Lipinski definition) is 0. The van der Waals surface area contributed by atoms with E-state index in [1.165, 1.54) is 25.7 Å². The number of allylic oxidation sites excluding steroid dienone is 4. The highest BCUT2D eigenvalue weighted by Gasteiger charge is 2.45. The minimum atomic E-state index is 0.563. The van der Waals surface area contributed by atoms with E-state index in [0.29, 0.717) is 10.8 Å². The van der Waals surface area contributed by atoms with E-state index in [4.69, 9.17) is 0 Å². The normalized spacial score (nSPS) is 35.2. The van der Waals surface area contributed by atoms with Crippen molar-refractivity contribution < 1.29 is 0 Å². The Morgan fingerprint density at radius 1 is 0.600 bits per heavy atom. The average Bonchev–Trinajstić information content (AvgIpc) is 2.75. The summed E-state index contributed by atoms with van der Waals surface area (Å²) in [6.45, 7) is 0. The van der Waals surface area contributed by atoms with Crippen LogP contribution < -0.4 is 0 Å². The topological polar surface area (TPSA) is 0 Å². The third kappa shape index (κ3) is 0.570. The van der Waals surface area contributed by atoms with Crippen LogP contribution in [0.15, 0.2) is 24.3 Å². The van der Waals surface area contributed by atoms with E-state index in [9.17, 15) is 0 Å². The highest BCUT2D eigenvalue weighted by atomic mass is 14.5. The molecule has 2 fully saturated rings. The zero-order valence-electron chi connectivity index (χ0n) is 6.14. The Labute approximate surface area is 61.6 Å². The van der Waals surface area contributed by atoms with Gasteiger partial charge in [-0.3, -0.25) is 0 Å². The lowest BCUT2D eigenvalue weighted by Gasteiger charge is -2.13. The molecule has 0 N–H and O–H groups in total. The second-order valence-electron chi connectivity index (χ2n) is 4.13. The number of rotatable bonds is 0. The van der Waals surface area contributed by atoms with Crippen molar-refractivity contribution in [3.05, 3.63) is 24.3 Å². The second-order valence-corrected chi connectivity index (χ2v) is 4.13. The zero-order chi connectivity index (χ0) is 6.66. The molecule has 3 aliphatic carbocycles. The zero-order valence-corrected chi connectivity index (χ0v) is 6.14. The Morgan fingerprint density at radius 3 is 1.10 bits per heavy atom. The van der Waals surface area contributed by atoms with Crippen LogP contribution in [-0.2, 0) is 0 Å². The molecule has 0 saturated heterocycles. The Morgan fingerprint density at radius 2 is 0.900 bits per heavy atom. The van der Waals surface area contributed by atoms with Crippen LogP contribution in [-0.4, -0.2) is 0 Å². The average molecular weight is 132 g/mol. The monoisotopic (exact) mass is 132 g/mol. The molecule has 10 heavy (non-hydrogen) atoms. The fourth-order valence-electron chi connectivity index (χ4n) is 1.73. The number of hydrogen-bond donors (Lipinski definition) is 0. The third-order valence-electron chi connectivity index (χ3n) is 3.15. The van der Waals surface area contributed by atoms with Gasteiger partial charge in [0.25, 0.3) is 0 Å². The summed E-state index contributed by atoms with van der Waals surface area (Å²) in [6, 6.07) is 0. The summed E-state index contributed by atoms with van der Waals surface area (Å²) >= 11 is 0. The fraction of sp³-hybridized carbons (Fsp3) is 0.600. The Kier molecular flexibility index (Phi) is 0.647. The summed E-state index contributed by atoms with van der Waals surface area (Å²) in [5.41, 5.74) is 1.13. The van der Waals surface area contributed by atoms with Crippen molar-refractivity contribution in [1.82, 2.24) is 0 Å². The molecule has 0 atom stereocenters. The van der Waals surface area contributed by atoms with Gasteiger partial charge in [-0.1, -0.05) is 24.3 Å². The lowest BCUT2D eigenvalue weighted by atomic mass is 9.92. The van der Waals surface area contributed by atoms with Gasteiger partial charge in [0.05, 0.1) is 0 Å². The lowest BCUT2D eigenvalue weighted by Crippen LogP contribution is -2.01. The first-order valence-electron chi connectivity index (χ1n) is 4.24. The van der Waals surface area contributed by atoms with Crippen molar-refractivity contribution in [3.63, 3.8) is 0 Å². The molecule has 2 spiro atoms. The molecule has 0 aromatic rings. The minimum absolute atomic E-state index is 0.563. The molecule has 0 radical (unpaired) electrons. The van der Waals surface area contributed by atoms with Crippen LogP contribution in [0.4, 0.5) is 0 Å². The third-order valence-corrected chi connectivity index (χ3v) is 3.15. The Bertz CT molecular complexity index is 182. The predicted molar refractivity (Wildman–Crippen MR) is 41.6 cm³/mol. The first kappa shape index (κ1) is 5.17. The Balaban J connectivity index is 1.96. The van der Waals surface area contributed by atoms with Gasteiger partial charge in [-0.2, -0.15) is 0 Å². The van der Waals surface area contributed by atoms with Gasteiger partial charge in [-0.25, -0.2) is 0 Å². The van der Waals surface area contributed by atoms with Gasteiger partial charge in [-0.05, 0) is 25.7 Å². The molecule has 0 unspecified atom stereocenters. The maximum absolute atomic E-state index is 2.44. The van der Waals surface area contributed by atoms with E-state index in [2.05, 4.69) is 24.3 Å². The molecule has 52 valence electrons. The van der Waals surface area contributed by atoms with Crippen LogP contribution in [0.1, 0.15) is 25.7 Å².